The number of hydrogen-bond donors (Lipinski definition) is 3. The summed E-state index contributed by atoms with van der Waals surface area (Å²) < 4.78 is 29.6. The zero-order valence-corrected chi connectivity index (χ0v) is 11.2. The monoisotopic (exact) mass is 273 g/mol. The molecule has 1 aliphatic carbocycles. The third-order valence-electron chi connectivity index (χ3n) is 2.98. The number of benzene rings is 1. The molecule has 0 bridgehead atoms. The fraction of sp³-hybridized carbons (Fsp3) is 0.500. The van der Waals surface area contributed by atoms with Crippen LogP contribution in [0.3, 0.4) is 0 Å². The number of nitrogens with two attached hydrogens (primary N) is 1. The van der Waals surface area contributed by atoms with E-state index in [0.29, 0.717) is 0 Å². The first-order valence-electron chi connectivity index (χ1n) is 5.71. The van der Waals surface area contributed by atoms with E-state index < -0.39 is 10.1 Å². The van der Waals surface area contributed by atoms with Crippen LogP contribution in [0.2, 0.25) is 0 Å². The SMILES string of the molecule is Cc1ccc(S(=O)(=O)O)cc1.NC1(CO)CCC1. The van der Waals surface area contributed by atoms with Gasteiger partial charge in [0, 0.05) is 5.54 Å². The molecule has 1 fully saturated rings. The molecule has 1 aromatic carbocycles. The van der Waals surface area contributed by atoms with Gasteiger partial charge in [-0.1, -0.05) is 17.7 Å². The lowest BCUT2D eigenvalue weighted by atomic mass is 9.79. The molecule has 0 spiro atoms. The Hall–Kier alpha value is -0.950. The maximum Gasteiger partial charge on any atom is 0.294 e. The summed E-state index contributed by atoms with van der Waals surface area (Å²) in [5.74, 6) is 0. The lowest BCUT2D eigenvalue weighted by molar-refractivity contribution is 0.126. The van der Waals surface area contributed by atoms with Crippen LogP contribution in [0, 0.1) is 6.92 Å². The molecule has 6 heteroatoms. The molecule has 0 radical (unpaired) electrons. The van der Waals surface area contributed by atoms with Gasteiger partial charge < -0.3 is 10.8 Å². The van der Waals surface area contributed by atoms with E-state index in [4.69, 9.17) is 15.4 Å². The summed E-state index contributed by atoms with van der Waals surface area (Å²) in [6, 6.07) is 5.99. The molecule has 0 aromatic heterocycles. The standard InChI is InChI=1S/C7H8O3S.C5H11NO/c1-6-2-4-7(5-3-6)11(8,9)10;6-5(4-7)2-1-3-5/h2-5H,1H3,(H,8,9,10);7H,1-4,6H2. The molecule has 0 saturated heterocycles. The summed E-state index contributed by atoms with van der Waals surface area (Å²) >= 11 is 0. The molecule has 0 aliphatic heterocycles. The van der Waals surface area contributed by atoms with Crippen molar-refractivity contribution in [2.45, 2.75) is 36.6 Å². The summed E-state index contributed by atoms with van der Waals surface area (Å²) in [7, 11) is -4.02. The molecule has 0 heterocycles. The minimum Gasteiger partial charge on any atom is -0.394 e. The molecule has 0 unspecified atom stereocenters. The van der Waals surface area contributed by atoms with Gasteiger partial charge in [-0.2, -0.15) is 8.42 Å². The Labute approximate surface area is 107 Å². The molecule has 1 saturated carbocycles. The van der Waals surface area contributed by atoms with Gasteiger partial charge in [0.05, 0.1) is 11.5 Å². The van der Waals surface area contributed by atoms with Gasteiger partial charge in [0.25, 0.3) is 10.1 Å². The second kappa shape index (κ2) is 5.79. The van der Waals surface area contributed by atoms with Gasteiger partial charge in [0.2, 0.25) is 0 Å². The first-order chi connectivity index (χ1) is 8.27. The number of aliphatic hydroxyl groups is 1. The first kappa shape index (κ1) is 15.1. The summed E-state index contributed by atoms with van der Waals surface area (Å²) in [6.45, 7) is 2.00. The highest BCUT2D eigenvalue weighted by Crippen LogP contribution is 2.27. The lowest BCUT2D eigenvalue weighted by Gasteiger charge is -2.35. The maximum atomic E-state index is 10.5. The van der Waals surface area contributed by atoms with E-state index in [9.17, 15) is 8.42 Å². The summed E-state index contributed by atoms with van der Waals surface area (Å²) in [5.41, 5.74) is 6.33. The van der Waals surface area contributed by atoms with Crippen molar-refractivity contribution in [2.75, 3.05) is 6.61 Å². The van der Waals surface area contributed by atoms with Crippen molar-refractivity contribution in [3.63, 3.8) is 0 Å². The zero-order chi connectivity index (χ0) is 13.8. The van der Waals surface area contributed by atoms with Gasteiger partial charge >= 0.3 is 0 Å². The Kier molecular flexibility index (Phi) is 4.86. The van der Waals surface area contributed by atoms with Crippen LogP contribution in [0.15, 0.2) is 29.2 Å². The van der Waals surface area contributed by atoms with E-state index in [1.165, 1.54) is 18.6 Å². The number of rotatable bonds is 2. The number of aryl methyl sites for hydroxylation is 1. The third kappa shape index (κ3) is 4.38. The Balaban J connectivity index is 0.000000199. The van der Waals surface area contributed by atoms with Crippen molar-refractivity contribution in [3.05, 3.63) is 29.8 Å². The Bertz CT molecular complexity index is 472. The molecule has 1 aromatic rings. The predicted octanol–water partition coefficient (Wildman–Crippen LogP) is 1.10. The maximum absolute atomic E-state index is 10.5. The largest absolute Gasteiger partial charge is 0.394 e. The molecule has 2 rings (SSSR count). The van der Waals surface area contributed by atoms with Crippen molar-refractivity contribution in [1.82, 2.24) is 0 Å². The van der Waals surface area contributed by atoms with Crippen molar-refractivity contribution in [3.8, 4) is 0 Å². The molecule has 18 heavy (non-hydrogen) atoms. The van der Waals surface area contributed by atoms with E-state index in [-0.39, 0.29) is 17.0 Å². The van der Waals surface area contributed by atoms with E-state index in [1.54, 1.807) is 12.1 Å². The second-order valence-corrected chi connectivity index (χ2v) is 6.08. The van der Waals surface area contributed by atoms with E-state index in [1.807, 2.05) is 6.92 Å². The van der Waals surface area contributed by atoms with Crippen LogP contribution in [0.4, 0.5) is 0 Å². The summed E-state index contributed by atoms with van der Waals surface area (Å²) in [5, 5.41) is 8.52. The highest BCUT2D eigenvalue weighted by atomic mass is 32.2. The fourth-order valence-electron chi connectivity index (χ4n) is 1.50. The molecule has 5 nitrogen and oxygen atoms in total. The van der Waals surface area contributed by atoms with Gasteiger partial charge in [-0.05, 0) is 38.3 Å². The fourth-order valence-corrected chi connectivity index (χ4v) is 1.98. The highest BCUT2D eigenvalue weighted by Gasteiger charge is 2.30. The third-order valence-corrected chi connectivity index (χ3v) is 3.85. The minimum absolute atomic E-state index is 0.0666. The van der Waals surface area contributed by atoms with Crippen molar-refractivity contribution in [1.29, 1.82) is 0 Å². The molecule has 0 amide bonds. The van der Waals surface area contributed by atoms with E-state index in [2.05, 4.69) is 0 Å². The zero-order valence-electron chi connectivity index (χ0n) is 10.3. The average molecular weight is 273 g/mol. The van der Waals surface area contributed by atoms with Crippen LogP contribution in [0.25, 0.3) is 0 Å². The Morgan fingerprint density at radius 2 is 1.78 bits per heavy atom. The predicted molar refractivity (Wildman–Crippen MR) is 68.8 cm³/mol. The van der Waals surface area contributed by atoms with Crippen molar-refractivity contribution < 1.29 is 18.1 Å². The van der Waals surface area contributed by atoms with Crippen molar-refractivity contribution in [2.24, 2.45) is 5.73 Å². The summed E-state index contributed by atoms with van der Waals surface area (Å²) in [4.78, 5) is -0.0666. The highest BCUT2D eigenvalue weighted by molar-refractivity contribution is 7.85. The Morgan fingerprint density at radius 3 is 2.00 bits per heavy atom. The number of hydrogen-bond acceptors (Lipinski definition) is 4. The lowest BCUT2D eigenvalue weighted by Crippen LogP contribution is -2.49. The van der Waals surface area contributed by atoms with Gasteiger partial charge in [-0.25, -0.2) is 0 Å². The van der Waals surface area contributed by atoms with Crippen LogP contribution in [-0.2, 0) is 10.1 Å². The van der Waals surface area contributed by atoms with Crippen LogP contribution in [0.1, 0.15) is 24.8 Å². The molecular weight excluding hydrogens is 254 g/mol. The molecule has 4 N–H and O–H groups in total. The van der Waals surface area contributed by atoms with Crippen LogP contribution in [0.5, 0.6) is 0 Å². The van der Waals surface area contributed by atoms with Gasteiger partial charge in [0.15, 0.2) is 0 Å². The van der Waals surface area contributed by atoms with Crippen LogP contribution >= 0.6 is 0 Å². The van der Waals surface area contributed by atoms with E-state index >= 15 is 0 Å². The van der Waals surface area contributed by atoms with Gasteiger partial charge in [-0.15, -0.1) is 0 Å². The van der Waals surface area contributed by atoms with Crippen LogP contribution in [-0.4, -0.2) is 30.2 Å². The second-order valence-electron chi connectivity index (χ2n) is 4.66. The average Bonchev–Trinajstić information content (AvgIpc) is 2.26. The molecular formula is C12H19NO4S. The quantitative estimate of drug-likeness (QED) is 0.701. The topological polar surface area (TPSA) is 101 Å². The minimum atomic E-state index is -4.02. The Morgan fingerprint density at radius 1 is 1.28 bits per heavy atom. The normalized spacial score (nSPS) is 17.3. The molecule has 0 atom stereocenters. The summed E-state index contributed by atoms with van der Waals surface area (Å²) in [6.07, 6.45) is 3.20. The van der Waals surface area contributed by atoms with Gasteiger partial charge in [-0.3, -0.25) is 4.55 Å². The smallest absolute Gasteiger partial charge is 0.294 e. The van der Waals surface area contributed by atoms with Crippen molar-refractivity contribution >= 4 is 10.1 Å². The molecule has 1 aliphatic rings. The van der Waals surface area contributed by atoms with E-state index in [0.717, 1.165) is 18.4 Å². The first-order valence-corrected chi connectivity index (χ1v) is 7.15. The molecule has 102 valence electrons. The number of aliphatic hydroxyl groups excluding tert-OH is 1. The van der Waals surface area contributed by atoms with Crippen LogP contribution < -0.4 is 5.73 Å². The van der Waals surface area contributed by atoms with Gasteiger partial charge in [0.1, 0.15) is 0 Å².